The van der Waals surface area contributed by atoms with Gasteiger partial charge in [0.05, 0.1) is 19.0 Å². The standard InChI is InChI=1S/C21H33FN2O8S/c1-4-31-21(27)24(13-20(25)26)15-30-10-5-11-33(28,29)23-9-8-17-6-7-18(22)19(12-17)32-14-16(2)3/h6-7,12,16,23H,4-5,8-11,13-15H2,1-3H3,(H,25,26). The van der Waals surface area contributed by atoms with Crippen LogP contribution in [0.2, 0.25) is 0 Å². The highest BCUT2D eigenvalue weighted by Gasteiger charge is 2.18. The van der Waals surface area contributed by atoms with E-state index in [-0.39, 0.29) is 50.3 Å². The number of nitrogens with zero attached hydrogens (tertiary/aromatic N) is 1. The van der Waals surface area contributed by atoms with E-state index in [1.807, 2.05) is 13.8 Å². The lowest BCUT2D eigenvalue weighted by atomic mass is 10.1. The highest BCUT2D eigenvalue weighted by atomic mass is 32.2. The van der Waals surface area contributed by atoms with Crippen LogP contribution in [0.15, 0.2) is 18.2 Å². The Morgan fingerprint density at radius 2 is 2.00 bits per heavy atom. The monoisotopic (exact) mass is 492 g/mol. The van der Waals surface area contributed by atoms with Gasteiger partial charge in [0.2, 0.25) is 10.0 Å². The maximum Gasteiger partial charge on any atom is 0.412 e. The molecular weight excluding hydrogens is 459 g/mol. The van der Waals surface area contributed by atoms with Crippen LogP contribution in [-0.2, 0) is 30.7 Å². The number of hydrogen-bond acceptors (Lipinski definition) is 7. The highest BCUT2D eigenvalue weighted by Crippen LogP contribution is 2.20. The van der Waals surface area contributed by atoms with E-state index in [1.54, 1.807) is 19.1 Å². The third kappa shape index (κ3) is 12.4. The van der Waals surface area contributed by atoms with Gasteiger partial charge in [-0.15, -0.1) is 0 Å². The van der Waals surface area contributed by atoms with E-state index in [2.05, 4.69) is 4.72 Å². The second-order valence-corrected chi connectivity index (χ2v) is 9.54. The first-order valence-corrected chi connectivity index (χ1v) is 12.3. The number of rotatable bonds is 16. The van der Waals surface area contributed by atoms with Gasteiger partial charge in [0.15, 0.2) is 11.6 Å². The van der Waals surface area contributed by atoms with Gasteiger partial charge >= 0.3 is 12.1 Å². The number of carbonyl (C=O) groups is 2. The van der Waals surface area contributed by atoms with Crippen molar-refractivity contribution in [1.29, 1.82) is 0 Å². The zero-order valence-corrected chi connectivity index (χ0v) is 20.0. The number of carbonyl (C=O) groups excluding carboxylic acids is 1. The Morgan fingerprint density at radius 3 is 2.64 bits per heavy atom. The van der Waals surface area contributed by atoms with Crippen molar-refractivity contribution in [3.8, 4) is 5.75 Å². The molecule has 10 nitrogen and oxygen atoms in total. The molecule has 0 fully saturated rings. The molecule has 0 heterocycles. The Morgan fingerprint density at radius 1 is 1.27 bits per heavy atom. The lowest BCUT2D eigenvalue weighted by Crippen LogP contribution is -2.38. The van der Waals surface area contributed by atoms with Gasteiger partial charge in [-0.3, -0.25) is 9.69 Å². The van der Waals surface area contributed by atoms with E-state index in [4.69, 9.17) is 19.3 Å². The molecule has 0 unspecified atom stereocenters. The number of aliphatic carboxylic acids is 1. The van der Waals surface area contributed by atoms with Crippen molar-refractivity contribution >= 4 is 22.1 Å². The first-order chi connectivity index (χ1) is 15.5. The summed E-state index contributed by atoms with van der Waals surface area (Å²) >= 11 is 0. The lowest BCUT2D eigenvalue weighted by molar-refractivity contribution is -0.139. The SMILES string of the molecule is CCOC(=O)N(COCCCS(=O)(=O)NCCc1ccc(F)c(OCC(C)C)c1)CC(=O)O. The van der Waals surface area contributed by atoms with Crippen LogP contribution in [0.1, 0.15) is 32.8 Å². The van der Waals surface area contributed by atoms with Crippen LogP contribution >= 0.6 is 0 Å². The van der Waals surface area contributed by atoms with E-state index in [0.717, 1.165) is 10.5 Å². The summed E-state index contributed by atoms with van der Waals surface area (Å²) in [5.41, 5.74) is 0.735. The van der Waals surface area contributed by atoms with Gasteiger partial charge in [0, 0.05) is 13.2 Å². The second-order valence-electron chi connectivity index (χ2n) is 7.61. The molecule has 0 bridgehead atoms. The van der Waals surface area contributed by atoms with Crippen molar-refractivity contribution in [3.63, 3.8) is 0 Å². The van der Waals surface area contributed by atoms with Crippen LogP contribution in [0.25, 0.3) is 0 Å². The molecule has 2 N–H and O–H groups in total. The third-order valence-corrected chi connectivity index (χ3v) is 5.57. The number of benzene rings is 1. The molecule has 0 aliphatic rings. The fraction of sp³-hybridized carbons (Fsp3) is 0.619. The lowest BCUT2D eigenvalue weighted by Gasteiger charge is -2.19. The van der Waals surface area contributed by atoms with E-state index in [9.17, 15) is 22.4 Å². The number of halogens is 1. The molecule has 12 heteroatoms. The van der Waals surface area contributed by atoms with Crippen LogP contribution in [0.5, 0.6) is 5.75 Å². The van der Waals surface area contributed by atoms with Gasteiger partial charge < -0.3 is 19.3 Å². The first-order valence-electron chi connectivity index (χ1n) is 10.6. The van der Waals surface area contributed by atoms with E-state index < -0.39 is 34.4 Å². The number of sulfonamides is 1. The number of carboxylic acids is 1. The molecule has 0 aromatic heterocycles. The minimum Gasteiger partial charge on any atom is -0.490 e. The summed E-state index contributed by atoms with van der Waals surface area (Å²) in [6.07, 6.45) is -0.326. The van der Waals surface area contributed by atoms with Crippen LogP contribution in [0.3, 0.4) is 0 Å². The smallest absolute Gasteiger partial charge is 0.412 e. The molecule has 188 valence electrons. The zero-order chi connectivity index (χ0) is 24.9. The number of nitrogens with one attached hydrogen (secondary N) is 1. The summed E-state index contributed by atoms with van der Waals surface area (Å²) in [5.74, 6) is -1.52. The summed E-state index contributed by atoms with van der Waals surface area (Å²) in [6, 6.07) is 4.43. The largest absolute Gasteiger partial charge is 0.490 e. The van der Waals surface area contributed by atoms with Gasteiger partial charge in [-0.1, -0.05) is 19.9 Å². The van der Waals surface area contributed by atoms with Crippen molar-refractivity contribution in [1.82, 2.24) is 9.62 Å². The molecule has 0 aliphatic carbocycles. The van der Waals surface area contributed by atoms with Crippen molar-refractivity contribution < 1.29 is 41.7 Å². The van der Waals surface area contributed by atoms with Crippen molar-refractivity contribution in [2.45, 2.75) is 33.6 Å². The normalized spacial score (nSPS) is 11.4. The van der Waals surface area contributed by atoms with Gasteiger partial charge in [-0.25, -0.2) is 22.3 Å². The van der Waals surface area contributed by atoms with Gasteiger partial charge in [-0.2, -0.15) is 0 Å². The van der Waals surface area contributed by atoms with Crippen molar-refractivity contribution in [3.05, 3.63) is 29.6 Å². The Bertz CT molecular complexity index is 864. The maximum absolute atomic E-state index is 13.8. The predicted octanol–water partition coefficient (Wildman–Crippen LogP) is 2.23. The molecule has 1 rings (SSSR count). The Kier molecular flexibility index (Phi) is 12.7. The predicted molar refractivity (Wildman–Crippen MR) is 119 cm³/mol. The van der Waals surface area contributed by atoms with Crippen LogP contribution in [0, 0.1) is 11.7 Å². The van der Waals surface area contributed by atoms with E-state index in [1.165, 1.54) is 6.07 Å². The summed E-state index contributed by atoms with van der Waals surface area (Å²) < 4.78 is 56.0. The summed E-state index contributed by atoms with van der Waals surface area (Å²) in [7, 11) is -3.57. The molecule has 33 heavy (non-hydrogen) atoms. The maximum atomic E-state index is 13.8. The van der Waals surface area contributed by atoms with Crippen molar-refractivity contribution in [2.75, 3.05) is 45.4 Å². The molecule has 0 atom stereocenters. The summed E-state index contributed by atoms with van der Waals surface area (Å²) in [4.78, 5) is 23.3. The van der Waals surface area contributed by atoms with Crippen LogP contribution in [0.4, 0.5) is 9.18 Å². The average molecular weight is 493 g/mol. The molecule has 0 saturated heterocycles. The van der Waals surface area contributed by atoms with Gasteiger partial charge in [0.1, 0.15) is 13.3 Å². The summed E-state index contributed by atoms with van der Waals surface area (Å²) in [6.45, 7) is 5.18. The molecule has 1 aromatic rings. The fourth-order valence-corrected chi connectivity index (χ4v) is 3.62. The minimum atomic E-state index is -3.57. The van der Waals surface area contributed by atoms with Crippen LogP contribution in [-0.4, -0.2) is 75.9 Å². The molecule has 0 saturated carbocycles. The number of carboxylic acid groups (broad SMARTS) is 1. The molecular formula is C21H33FN2O8S. The van der Waals surface area contributed by atoms with E-state index >= 15 is 0 Å². The average Bonchev–Trinajstić information content (AvgIpc) is 2.72. The topological polar surface area (TPSA) is 131 Å². The molecule has 0 spiro atoms. The molecule has 0 radical (unpaired) electrons. The van der Waals surface area contributed by atoms with E-state index in [0.29, 0.717) is 13.0 Å². The Labute approximate surface area is 194 Å². The number of ether oxygens (including phenoxy) is 3. The van der Waals surface area contributed by atoms with Gasteiger partial charge in [0.25, 0.3) is 0 Å². The van der Waals surface area contributed by atoms with Gasteiger partial charge in [-0.05, 0) is 43.4 Å². The second kappa shape index (κ2) is 14.7. The van der Waals surface area contributed by atoms with Crippen molar-refractivity contribution in [2.24, 2.45) is 5.92 Å². The molecule has 1 amide bonds. The molecule has 0 aliphatic heterocycles. The zero-order valence-electron chi connectivity index (χ0n) is 19.2. The molecule has 1 aromatic carbocycles. The Balaban J connectivity index is 2.38. The Hall–Kier alpha value is -2.44. The number of hydrogen-bond donors (Lipinski definition) is 2. The number of amides is 1. The summed E-state index contributed by atoms with van der Waals surface area (Å²) in [5, 5.41) is 8.83. The first kappa shape index (κ1) is 28.6. The van der Waals surface area contributed by atoms with Crippen LogP contribution < -0.4 is 9.46 Å². The fourth-order valence-electron chi connectivity index (χ4n) is 2.56. The quantitative estimate of drug-likeness (QED) is 0.265. The highest BCUT2D eigenvalue weighted by molar-refractivity contribution is 7.89. The minimum absolute atomic E-state index is 0.00491. The third-order valence-electron chi connectivity index (χ3n) is 4.10.